The van der Waals surface area contributed by atoms with Crippen molar-refractivity contribution in [3.05, 3.63) is 0 Å². The van der Waals surface area contributed by atoms with E-state index in [9.17, 15) is 4.79 Å². The molecule has 112 valence electrons. The first-order valence-corrected chi connectivity index (χ1v) is 8.14. The second-order valence-corrected chi connectivity index (χ2v) is 6.49. The number of carbonyl (C=O) groups is 1. The number of H-pyrrole nitrogens is 1. The Balaban J connectivity index is 1.96. The topological polar surface area (TPSA) is 87.9 Å². The number of amides is 1. The fourth-order valence-electron chi connectivity index (χ4n) is 2.74. The second-order valence-electron chi connectivity index (χ2n) is 5.18. The number of nitrogens with one attached hydrogen (secondary N) is 1. The predicted molar refractivity (Wildman–Crippen MR) is 80.4 cm³/mol. The van der Waals surface area contributed by atoms with Gasteiger partial charge in [-0.25, -0.2) is 5.10 Å². The van der Waals surface area contributed by atoms with E-state index in [1.165, 1.54) is 31.0 Å². The Morgan fingerprint density at radius 3 is 2.75 bits per heavy atom. The number of nitrogens with zero attached hydrogens (tertiary/aromatic N) is 3. The number of rotatable bonds is 5. The van der Waals surface area contributed by atoms with Gasteiger partial charge in [0, 0.05) is 12.6 Å². The Bertz CT molecular complexity index is 444. The van der Waals surface area contributed by atoms with Gasteiger partial charge in [0.15, 0.2) is 0 Å². The molecular formula is C13H23N5OS. The van der Waals surface area contributed by atoms with Crippen molar-refractivity contribution in [3.63, 3.8) is 0 Å². The fraction of sp³-hybridized carbons (Fsp3) is 0.769. The number of nitrogen functional groups attached to an aromatic ring is 1. The molecule has 0 aliphatic heterocycles. The highest BCUT2D eigenvalue weighted by molar-refractivity contribution is 8.00. The zero-order valence-electron chi connectivity index (χ0n) is 12.1. The van der Waals surface area contributed by atoms with Crippen LogP contribution in [0.4, 0.5) is 5.95 Å². The Hall–Kier alpha value is -1.24. The second kappa shape index (κ2) is 6.97. The molecular weight excluding hydrogens is 274 g/mol. The molecule has 0 spiro atoms. The summed E-state index contributed by atoms with van der Waals surface area (Å²) in [4.78, 5) is 18.6. The zero-order valence-corrected chi connectivity index (χ0v) is 12.9. The number of aromatic nitrogens is 3. The van der Waals surface area contributed by atoms with Gasteiger partial charge in [0.25, 0.3) is 0 Å². The Labute approximate surface area is 123 Å². The molecule has 3 N–H and O–H groups in total. The molecule has 1 atom stereocenters. The Morgan fingerprint density at radius 2 is 2.20 bits per heavy atom. The van der Waals surface area contributed by atoms with Gasteiger partial charge in [-0.15, -0.1) is 5.10 Å². The summed E-state index contributed by atoms with van der Waals surface area (Å²) in [5.41, 5.74) is 5.50. The van der Waals surface area contributed by atoms with E-state index in [0.717, 1.165) is 19.4 Å². The molecule has 0 bridgehead atoms. The third-order valence-electron chi connectivity index (χ3n) is 3.75. The summed E-state index contributed by atoms with van der Waals surface area (Å²) in [6, 6.07) is 0.404. The van der Waals surface area contributed by atoms with Crippen LogP contribution in [0, 0.1) is 0 Å². The maximum absolute atomic E-state index is 12.6. The van der Waals surface area contributed by atoms with Gasteiger partial charge in [0.2, 0.25) is 17.0 Å². The maximum Gasteiger partial charge on any atom is 0.236 e. The van der Waals surface area contributed by atoms with E-state index in [4.69, 9.17) is 5.73 Å². The van der Waals surface area contributed by atoms with Crippen molar-refractivity contribution >= 4 is 23.6 Å². The molecule has 20 heavy (non-hydrogen) atoms. The number of hydrogen-bond donors (Lipinski definition) is 2. The van der Waals surface area contributed by atoms with Gasteiger partial charge in [-0.2, -0.15) is 4.98 Å². The molecule has 1 aliphatic rings. The number of nitrogens with two attached hydrogens (primary N) is 1. The van der Waals surface area contributed by atoms with Gasteiger partial charge in [-0.1, -0.05) is 31.0 Å². The molecule has 1 heterocycles. The zero-order chi connectivity index (χ0) is 14.5. The van der Waals surface area contributed by atoms with Crippen LogP contribution in [-0.4, -0.2) is 43.8 Å². The van der Waals surface area contributed by atoms with E-state index in [1.807, 2.05) is 11.8 Å². The average Bonchev–Trinajstić information content (AvgIpc) is 2.86. The van der Waals surface area contributed by atoms with Crippen LogP contribution in [0.3, 0.4) is 0 Å². The van der Waals surface area contributed by atoms with Crippen molar-refractivity contribution in [3.8, 4) is 0 Å². The van der Waals surface area contributed by atoms with Crippen molar-refractivity contribution in [1.82, 2.24) is 20.1 Å². The molecule has 2 rings (SSSR count). The van der Waals surface area contributed by atoms with Crippen molar-refractivity contribution < 1.29 is 4.79 Å². The monoisotopic (exact) mass is 297 g/mol. The third-order valence-corrected chi connectivity index (χ3v) is 4.70. The normalized spacial score (nSPS) is 17.9. The SMILES string of the molecule is CCN(C(=O)[C@@H](C)Sc1n[nH]c(N)n1)C1CCCCC1. The van der Waals surface area contributed by atoms with E-state index in [0.29, 0.717) is 11.2 Å². The molecule has 1 aliphatic carbocycles. The lowest BCUT2D eigenvalue weighted by atomic mass is 9.94. The van der Waals surface area contributed by atoms with Gasteiger partial charge in [0.05, 0.1) is 5.25 Å². The fourth-order valence-corrected chi connectivity index (χ4v) is 3.54. The lowest BCUT2D eigenvalue weighted by Crippen LogP contribution is -2.44. The minimum absolute atomic E-state index is 0.174. The number of hydrogen-bond acceptors (Lipinski definition) is 5. The van der Waals surface area contributed by atoms with E-state index in [1.54, 1.807) is 0 Å². The Kier molecular flexibility index (Phi) is 5.28. The number of aromatic amines is 1. The van der Waals surface area contributed by atoms with Crippen LogP contribution in [0.5, 0.6) is 0 Å². The van der Waals surface area contributed by atoms with Gasteiger partial charge >= 0.3 is 0 Å². The first-order chi connectivity index (χ1) is 9.61. The minimum atomic E-state index is -0.188. The molecule has 1 aromatic rings. The van der Waals surface area contributed by atoms with Gasteiger partial charge < -0.3 is 10.6 Å². The maximum atomic E-state index is 12.6. The lowest BCUT2D eigenvalue weighted by Gasteiger charge is -2.35. The van der Waals surface area contributed by atoms with E-state index in [-0.39, 0.29) is 17.1 Å². The van der Waals surface area contributed by atoms with E-state index < -0.39 is 0 Å². The number of thioether (sulfide) groups is 1. The summed E-state index contributed by atoms with van der Waals surface area (Å²) in [6.07, 6.45) is 6.01. The summed E-state index contributed by atoms with van der Waals surface area (Å²) < 4.78 is 0. The van der Waals surface area contributed by atoms with Crippen molar-refractivity contribution in [2.45, 2.75) is 62.4 Å². The average molecular weight is 297 g/mol. The molecule has 0 radical (unpaired) electrons. The van der Waals surface area contributed by atoms with Crippen LogP contribution in [-0.2, 0) is 4.79 Å². The van der Waals surface area contributed by atoms with Crippen LogP contribution in [0.1, 0.15) is 46.0 Å². The molecule has 0 aromatic carbocycles. The highest BCUT2D eigenvalue weighted by Gasteiger charge is 2.28. The molecule has 1 amide bonds. The first-order valence-electron chi connectivity index (χ1n) is 7.26. The molecule has 6 nitrogen and oxygen atoms in total. The highest BCUT2D eigenvalue weighted by Crippen LogP contribution is 2.26. The molecule has 7 heteroatoms. The lowest BCUT2D eigenvalue weighted by molar-refractivity contribution is -0.133. The van der Waals surface area contributed by atoms with E-state index in [2.05, 4.69) is 22.1 Å². The molecule has 1 fully saturated rings. The molecule has 0 saturated heterocycles. The summed E-state index contributed by atoms with van der Waals surface area (Å²) in [7, 11) is 0. The van der Waals surface area contributed by atoms with Crippen molar-refractivity contribution in [1.29, 1.82) is 0 Å². The van der Waals surface area contributed by atoms with E-state index >= 15 is 0 Å². The van der Waals surface area contributed by atoms with Crippen LogP contribution >= 0.6 is 11.8 Å². The first kappa shape index (κ1) is 15.2. The molecule has 1 aromatic heterocycles. The summed E-state index contributed by atoms with van der Waals surface area (Å²) in [6.45, 7) is 4.73. The van der Waals surface area contributed by atoms with Crippen LogP contribution < -0.4 is 5.73 Å². The summed E-state index contributed by atoms with van der Waals surface area (Å²) in [5, 5.41) is 6.90. The van der Waals surface area contributed by atoms with Crippen LogP contribution in [0.15, 0.2) is 5.16 Å². The third kappa shape index (κ3) is 3.65. The summed E-state index contributed by atoms with van der Waals surface area (Å²) in [5.74, 6) is 0.458. The predicted octanol–water partition coefficient (Wildman–Crippen LogP) is 2.05. The number of anilines is 1. The van der Waals surface area contributed by atoms with Crippen molar-refractivity contribution in [2.75, 3.05) is 12.3 Å². The highest BCUT2D eigenvalue weighted by atomic mass is 32.2. The molecule has 0 unspecified atom stereocenters. The Morgan fingerprint density at radius 1 is 1.50 bits per heavy atom. The standard InChI is InChI=1S/C13H23N5OS/c1-3-18(10-7-5-4-6-8-10)11(19)9(2)20-13-15-12(14)16-17-13/h9-10H,3-8H2,1-2H3,(H3,14,15,16,17)/t9-/m1/s1. The number of carbonyl (C=O) groups excluding carboxylic acids is 1. The van der Waals surface area contributed by atoms with Gasteiger partial charge in [-0.3, -0.25) is 4.79 Å². The smallest absolute Gasteiger partial charge is 0.236 e. The van der Waals surface area contributed by atoms with Gasteiger partial charge in [-0.05, 0) is 26.7 Å². The minimum Gasteiger partial charge on any atom is -0.368 e. The van der Waals surface area contributed by atoms with Crippen LogP contribution in [0.2, 0.25) is 0 Å². The summed E-state index contributed by atoms with van der Waals surface area (Å²) >= 11 is 1.36. The van der Waals surface area contributed by atoms with Crippen LogP contribution in [0.25, 0.3) is 0 Å². The quantitative estimate of drug-likeness (QED) is 0.812. The molecule has 1 saturated carbocycles. The largest absolute Gasteiger partial charge is 0.368 e. The van der Waals surface area contributed by atoms with Gasteiger partial charge in [0.1, 0.15) is 0 Å². The van der Waals surface area contributed by atoms with Crippen molar-refractivity contribution in [2.24, 2.45) is 0 Å².